The minimum atomic E-state index is -0.245. The molecule has 80 valence electrons. The Bertz CT molecular complexity index is 271. The Hall–Kier alpha value is 0.356. The van der Waals surface area contributed by atoms with Crippen LogP contribution in [0.4, 0.5) is 4.39 Å². The largest absolute Gasteiger partial charge is 2.00 e. The summed E-state index contributed by atoms with van der Waals surface area (Å²) < 4.78 is 18.4. The summed E-state index contributed by atoms with van der Waals surface area (Å²) in [6, 6.07) is 7.39. The maximum Gasteiger partial charge on any atom is 2.00 e. The second-order valence-corrected chi connectivity index (χ2v) is 3.05. The fourth-order valence-electron chi connectivity index (χ4n) is 0.909. The van der Waals surface area contributed by atoms with Crippen LogP contribution in [0.5, 0.6) is 0 Å². The van der Waals surface area contributed by atoms with Crippen molar-refractivity contribution in [1.82, 2.24) is 0 Å². The quantitative estimate of drug-likeness (QED) is 0.539. The van der Waals surface area contributed by atoms with Crippen molar-refractivity contribution in [2.45, 2.75) is 33.0 Å². The monoisotopic (exact) mass is 284 g/mol. The number of halogens is 2. The number of benzene rings is 1. The molecule has 1 aromatic carbocycles. The predicted octanol–water partition coefficient (Wildman–Crippen LogP) is -0.436. The molecule has 0 saturated carbocycles. The molecule has 0 saturated heterocycles. The average Bonchev–Trinajstić information content (AvgIpc) is 2.16. The molecule has 0 aliphatic carbocycles. The summed E-state index contributed by atoms with van der Waals surface area (Å²) in [5.41, 5.74) is 0.596. The van der Waals surface area contributed by atoms with Gasteiger partial charge in [-0.3, -0.25) is 4.39 Å². The summed E-state index contributed by atoms with van der Waals surface area (Å²) >= 11 is 0. The van der Waals surface area contributed by atoms with Gasteiger partial charge in [-0.05, 0) is 13.3 Å². The van der Waals surface area contributed by atoms with Crippen molar-refractivity contribution in [3.05, 3.63) is 35.6 Å². The SMILES string of the molecule is CCC(C)OCc1cc[c-]cc1F.[Br-].[Mg+2]. The van der Waals surface area contributed by atoms with Crippen LogP contribution in [0.25, 0.3) is 0 Å². The molecule has 0 heterocycles. The van der Waals surface area contributed by atoms with Crippen LogP contribution in [0, 0.1) is 11.9 Å². The van der Waals surface area contributed by atoms with E-state index in [-0.39, 0.29) is 52.0 Å². The average molecular weight is 285 g/mol. The molecule has 0 amide bonds. The first-order chi connectivity index (χ1) is 6.24. The number of hydrogen-bond donors (Lipinski definition) is 0. The first-order valence-electron chi connectivity index (χ1n) is 4.50. The topological polar surface area (TPSA) is 9.23 Å². The fourth-order valence-corrected chi connectivity index (χ4v) is 0.909. The minimum absolute atomic E-state index is 0. The van der Waals surface area contributed by atoms with E-state index in [1.807, 2.05) is 13.8 Å². The van der Waals surface area contributed by atoms with E-state index in [1.54, 1.807) is 12.1 Å². The van der Waals surface area contributed by atoms with Gasteiger partial charge in [-0.25, -0.2) is 0 Å². The van der Waals surface area contributed by atoms with Crippen molar-refractivity contribution in [3.63, 3.8) is 0 Å². The van der Waals surface area contributed by atoms with Crippen LogP contribution in [-0.4, -0.2) is 29.2 Å². The fraction of sp³-hybridized carbons (Fsp3) is 0.455. The Balaban J connectivity index is 0. The molecule has 0 aliphatic rings. The van der Waals surface area contributed by atoms with Gasteiger partial charge in [-0.1, -0.05) is 12.5 Å². The molecule has 0 N–H and O–H groups in total. The van der Waals surface area contributed by atoms with E-state index in [1.165, 1.54) is 6.07 Å². The summed E-state index contributed by atoms with van der Waals surface area (Å²) in [6.45, 7) is 4.36. The summed E-state index contributed by atoms with van der Waals surface area (Å²) in [6.07, 6.45) is 1.13. The van der Waals surface area contributed by atoms with Crippen LogP contribution < -0.4 is 17.0 Å². The van der Waals surface area contributed by atoms with E-state index in [0.717, 1.165) is 6.42 Å². The molecule has 15 heavy (non-hydrogen) atoms. The second-order valence-electron chi connectivity index (χ2n) is 3.05. The van der Waals surface area contributed by atoms with E-state index in [9.17, 15) is 4.39 Å². The summed E-state index contributed by atoms with van der Waals surface area (Å²) in [5.74, 6) is -0.245. The summed E-state index contributed by atoms with van der Waals surface area (Å²) in [4.78, 5) is 0. The molecule has 1 atom stereocenters. The first-order valence-corrected chi connectivity index (χ1v) is 4.50. The van der Waals surface area contributed by atoms with Gasteiger partial charge in [0.25, 0.3) is 0 Å². The van der Waals surface area contributed by atoms with Crippen molar-refractivity contribution in [2.24, 2.45) is 0 Å². The van der Waals surface area contributed by atoms with Crippen molar-refractivity contribution in [1.29, 1.82) is 0 Å². The van der Waals surface area contributed by atoms with Crippen LogP contribution in [0.1, 0.15) is 25.8 Å². The van der Waals surface area contributed by atoms with Crippen molar-refractivity contribution >= 4 is 23.1 Å². The minimum Gasteiger partial charge on any atom is -1.00 e. The van der Waals surface area contributed by atoms with Gasteiger partial charge in [0.05, 0.1) is 12.7 Å². The Kier molecular flexibility index (Phi) is 11.3. The van der Waals surface area contributed by atoms with Gasteiger partial charge in [0.1, 0.15) is 0 Å². The van der Waals surface area contributed by atoms with Crippen LogP contribution in [0.2, 0.25) is 0 Å². The first kappa shape index (κ1) is 17.7. The Morgan fingerprint density at radius 1 is 1.53 bits per heavy atom. The summed E-state index contributed by atoms with van der Waals surface area (Å²) in [7, 11) is 0. The smallest absolute Gasteiger partial charge is 1.00 e. The van der Waals surface area contributed by atoms with Crippen LogP contribution >= 0.6 is 0 Å². The van der Waals surface area contributed by atoms with Gasteiger partial charge >= 0.3 is 23.1 Å². The van der Waals surface area contributed by atoms with Crippen molar-refractivity contribution in [3.8, 4) is 0 Å². The van der Waals surface area contributed by atoms with Crippen LogP contribution in [-0.2, 0) is 11.3 Å². The van der Waals surface area contributed by atoms with Gasteiger partial charge in [0.2, 0.25) is 0 Å². The summed E-state index contributed by atoms with van der Waals surface area (Å²) in [5, 5.41) is 0. The molecule has 0 bridgehead atoms. The van der Waals surface area contributed by atoms with E-state index in [4.69, 9.17) is 4.74 Å². The van der Waals surface area contributed by atoms with Gasteiger partial charge in [0, 0.05) is 5.82 Å². The zero-order chi connectivity index (χ0) is 9.68. The third-order valence-electron chi connectivity index (χ3n) is 2.00. The normalized spacial score (nSPS) is 11.1. The number of ether oxygens (including phenoxy) is 1. The van der Waals surface area contributed by atoms with Crippen LogP contribution in [0.15, 0.2) is 18.2 Å². The zero-order valence-electron chi connectivity index (χ0n) is 9.09. The van der Waals surface area contributed by atoms with Crippen molar-refractivity contribution in [2.75, 3.05) is 0 Å². The molecule has 1 rings (SSSR count). The standard InChI is InChI=1S/C11H14FO.BrH.Mg/c1-3-9(2)13-8-10-6-4-5-7-11(10)12;;/h4,6-7,9H,3,8H2,1-2H3;1H;/q-1;;+2/p-1. The Labute approximate surface area is 117 Å². The van der Waals surface area contributed by atoms with E-state index < -0.39 is 0 Å². The van der Waals surface area contributed by atoms with Crippen molar-refractivity contribution < 1.29 is 26.1 Å². The molecular formula is C11H14BrFMgO. The zero-order valence-corrected chi connectivity index (χ0v) is 12.1. The molecule has 1 unspecified atom stereocenters. The molecule has 0 spiro atoms. The third kappa shape index (κ3) is 6.50. The van der Waals surface area contributed by atoms with Crippen LogP contribution in [0.3, 0.4) is 0 Å². The van der Waals surface area contributed by atoms with Gasteiger partial charge in [-0.2, -0.15) is 18.2 Å². The Morgan fingerprint density at radius 2 is 2.20 bits per heavy atom. The molecule has 0 aromatic heterocycles. The van der Waals surface area contributed by atoms with Gasteiger partial charge < -0.3 is 21.7 Å². The predicted molar refractivity (Wildman–Crippen MR) is 55.5 cm³/mol. The number of rotatable bonds is 4. The molecular weight excluding hydrogens is 271 g/mol. The molecule has 0 fully saturated rings. The molecule has 0 radical (unpaired) electrons. The molecule has 1 nitrogen and oxygen atoms in total. The maximum atomic E-state index is 13.0. The molecule has 4 heteroatoms. The van der Waals surface area contributed by atoms with E-state index in [2.05, 4.69) is 6.07 Å². The molecule has 0 aliphatic heterocycles. The third-order valence-corrected chi connectivity index (χ3v) is 2.00. The molecule has 1 aromatic rings. The van der Waals surface area contributed by atoms with Gasteiger partial charge in [0.15, 0.2) is 0 Å². The van der Waals surface area contributed by atoms with E-state index >= 15 is 0 Å². The maximum absolute atomic E-state index is 13.0. The second kappa shape index (κ2) is 9.57. The van der Waals surface area contributed by atoms with Gasteiger partial charge in [-0.15, -0.1) is 6.07 Å². The van der Waals surface area contributed by atoms with E-state index in [0.29, 0.717) is 12.2 Å². The Morgan fingerprint density at radius 3 is 2.73 bits per heavy atom. The number of hydrogen-bond acceptors (Lipinski definition) is 1.